The molecule has 0 spiro atoms. The number of fused-ring (bicyclic) bond motifs is 6. The Morgan fingerprint density at radius 3 is 1.98 bits per heavy atom. The summed E-state index contributed by atoms with van der Waals surface area (Å²) in [6.07, 6.45) is 1.10. The van der Waals surface area contributed by atoms with Crippen molar-refractivity contribution in [1.82, 2.24) is 78.7 Å². The Morgan fingerprint density at radius 1 is 0.702 bits per heavy atom. The number of aromatic amines is 1. The number of primary amides is 1. The Kier molecular flexibility index (Phi) is 29.3. The number of aliphatic hydroxyl groups excluding tert-OH is 1. The first-order chi connectivity index (χ1) is 44.7. The highest BCUT2D eigenvalue weighted by Crippen LogP contribution is 2.27. The number of hydrogen-bond acceptors (Lipinski definition) is 22. The Bertz CT molecular complexity index is 3060. The van der Waals surface area contributed by atoms with Gasteiger partial charge < -0.3 is 95.4 Å². The SMILES string of the molecule is CC(C)C[C@@H]1NC(=O)[C@H](CCCN)NC(=O)[C@H](Cc2ccc(O)cc2)NC(=O)CNC(=O)[C@@H]2CSSC[C@H](NC1=O)C(=O)N[C@@H](Cc1cnc[nH]1)C(=O)N1C[C@H](O)C[C@H]1C(=O)N[C@H](C(N)=O)CSSC[C@H](NC(=O)[C@@H](NC(=O)CNC(=O)[C@@H]1CCC(=O)N1)C(C)C)C(=O)N2. The normalized spacial score (nSPS) is 26.6. The van der Waals surface area contributed by atoms with Crippen molar-refractivity contribution in [3.05, 3.63) is 48.0 Å². The molecular formula is C57H83N17O16S4. The summed E-state index contributed by atoms with van der Waals surface area (Å²) < 4.78 is 0. The van der Waals surface area contributed by atoms with E-state index in [0.29, 0.717) is 11.3 Å². The minimum absolute atomic E-state index is 0.0198. The van der Waals surface area contributed by atoms with Gasteiger partial charge >= 0.3 is 0 Å². The number of H-pyrrole nitrogens is 1. The molecule has 5 heterocycles. The molecule has 4 fully saturated rings. The zero-order valence-electron chi connectivity index (χ0n) is 52.2. The van der Waals surface area contributed by atoms with Crippen molar-refractivity contribution in [2.45, 2.75) is 152 Å². The number of hydrogen-bond donors (Lipinski definition) is 17. The van der Waals surface area contributed by atoms with Crippen molar-refractivity contribution in [1.29, 1.82) is 0 Å². The van der Waals surface area contributed by atoms with Crippen LogP contribution in [-0.2, 0) is 80.0 Å². The molecule has 0 saturated carbocycles. The number of imidazole rings is 1. The van der Waals surface area contributed by atoms with E-state index < -0.39 is 175 Å². The number of nitrogens with one attached hydrogen (secondary N) is 13. The number of nitrogens with two attached hydrogens (primary N) is 2. The minimum atomic E-state index is -1.60. The summed E-state index contributed by atoms with van der Waals surface area (Å²) in [5.41, 5.74) is 12.5. The molecule has 4 aliphatic rings. The van der Waals surface area contributed by atoms with E-state index in [2.05, 4.69) is 73.8 Å². The van der Waals surface area contributed by atoms with Gasteiger partial charge in [0.05, 0.1) is 25.5 Å². The molecule has 33 nitrogen and oxygen atoms in total. The van der Waals surface area contributed by atoms with Crippen LogP contribution in [0.25, 0.3) is 0 Å². The first-order valence-corrected chi connectivity index (χ1v) is 35.5. The van der Waals surface area contributed by atoms with E-state index in [0.717, 1.165) is 48.1 Å². The summed E-state index contributed by atoms with van der Waals surface area (Å²) >= 11 is 0. The van der Waals surface area contributed by atoms with E-state index in [4.69, 9.17) is 11.5 Å². The average Bonchev–Trinajstić information content (AvgIpc) is 1.68. The van der Waals surface area contributed by atoms with Gasteiger partial charge in [0, 0.05) is 67.1 Å². The Morgan fingerprint density at radius 2 is 1.34 bits per heavy atom. The highest BCUT2D eigenvalue weighted by atomic mass is 33.1. The van der Waals surface area contributed by atoms with E-state index in [-0.39, 0.29) is 98.5 Å². The Labute approximate surface area is 557 Å². The second-order valence-corrected chi connectivity index (χ2v) is 28.7. The second kappa shape index (κ2) is 36.7. The molecule has 6 rings (SSSR count). The fraction of sp³-hybridized carbons (Fsp3) is 0.596. The average molecular weight is 1390 g/mol. The number of carbonyl (C=O) groups is 14. The second-order valence-electron chi connectivity index (χ2n) is 23.6. The molecule has 1 aromatic heterocycles. The molecule has 19 N–H and O–H groups in total. The molecule has 37 heteroatoms. The third kappa shape index (κ3) is 23.3. The number of benzene rings is 1. The van der Waals surface area contributed by atoms with E-state index in [1.54, 1.807) is 27.7 Å². The fourth-order valence-electron chi connectivity index (χ4n) is 10.2. The lowest BCUT2D eigenvalue weighted by molar-refractivity contribution is -0.142. The standard InChI is InChI=1S/C57H83N17O16S4/c1-27(2)14-35-51(84)71-40-24-94-92-23-39(49(82)62-19-44(78)65-36(15-29-7-9-31(75)10-8-29)52(85)66-33(6-5-13-58)50(83)67-35)70-54(87)41(72-56(89)46(28(3)4)73-45(79)20-61-48(81)34-11-12-43(77)64-34)25-93-91-22-38(47(59)80)69-55(88)42-17-32(76)21-74(42)57(90)37(68-53(40)86)16-30-18-60-26-63-30/h7-10,18,26-28,32-42,46,75-76H,5-6,11-17,19-25,58H2,1-4H3,(H2,59,80)(H,60,63)(H,61,81)(H,62,82)(H,64,77)(H,65,78)(H,66,85)(H,67,83)(H,68,86)(H,69,88)(H,70,87)(H,71,84)(H,72,89)(H,73,79)/t32-,33+,34+,35+,36+,37+,38+,39+,40+,41+,42+,46+/m1/s1. The van der Waals surface area contributed by atoms with Gasteiger partial charge in [0.25, 0.3) is 0 Å². The highest BCUT2D eigenvalue weighted by Gasteiger charge is 2.44. The molecule has 2 aromatic rings. The van der Waals surface area contributed by atoms with Gasteiger partial charge in [-0.2, -0.15) is 0 Å². The van der Waals surface area contributed by atoms with Crippen molar-refractivity contribution in [2.24, 2.45) is 23.3 Å². The van der Waals surface area contributed by atoms with E-state index in [1.807, 2.05) is 0 Å². The van der Waals surface area contributed by atoms with Crippen LogP contribution < -0.4 is 75.3 Å². The number of phenols is 1. The summed E-state index contributed by atoms with van der Waals surface area (Å²) in [5, 5.41) is 52.1. The number of phenolic OH excluding ortho intramolecular Hbond substituents is 1. The van der Waals surface area contributed by atoms with Crippen LogP contribution in [-0.4, -0.2) is 230 Å². The van der Waals surface area contributed by atoms with Gasteiger partial charge in [0.1, 0.15) is 72.2 Å². The van der Waals surface area contributed by atoms with Crippen LogP contribution in [0.4, 0.5) is 0 Å². The van der Waals surface area contributed by atoms with Crippen molar-refractivity contribution in [2.75, 3.05) is 49.2 Å². The lowest BCUT2D eigenvalue weighted by Gasteiger charge is -2.31. The number of aromatic hydroxyl groups is 1. The predicted octanol–water partition coefficient (Wildman–Crippen LogP) is -5.55. The number of aliphatic hydroxyl groups is 1. The van der Waals surface area contributed by atoms with Crippen LogP contribution in [0.1, 0.15) is 77.5 Å². The number of amides is 14. The van der Waals surface area contributed by atoms with Gasteiger partial charge in [0.15, 0.2) is 0 Å². The van der Waals surface area contributed by atoms with Gasteiger partial charge in [-0.25, -0.2) is 4.98 Å². The van der Waals surface area contributed by atoms with Gasteiger partial charge in [0.2, 0.25) is 82.7 Å². The molecule has 0 aliphatic carbocycles. The van der Waals surface area contributed by atoms with Crippen LogP contribution >= 0.6 is 43.2 Å². The van der Waals surface area contributed by atoms with Crippen molar-refractivity contribution < 1.29 is 77.3 Å². The quantitative estimate of drug-likeness (QED) is 0.0657. The highest BCUT2D eigenvalue weighted by molar-refractivity contribution is 8.77. The maximum absolute atomic E-state index is 14.9. The molecule has 516 valence electrons. The van der Waals surface area contributed by atoms with E-state index in [9.17, 15) is 77.3 Å². The van der Waals surface area contributed by atoms with Gasteiger partial charge in [-0.05, 0) is 61.8 Å². The number of nitrogens with zero attached hydrogens (tertiary/aromatic N) is 2. The van der Waals surface area contributed by atoms with Crippen LogP contribution in [0.15, 0.2) is 36.8 Å². The number of carbonyl (C=O) groups excluding carboxylic acids is 14. The van der Waals surface area contributed by atoms with Gasteiger partial charge in [-0.15, -0.1) is 0 Å². The first-order valence-electron chi connectivity index (χ1n) is 30.5. The molecule has 94 heavy (non-hydrogen) atoms. The molecule has 4 aliphatic heterocycles. The maximum atomic E-state index is 14.9. The smallest absolute Gasteiger partial charge is 0.246 e. The molecule has 4 saturated heterocycles. The summed E-state index contributed by atoms with van der Waals surface area (Å²) in [6.45, 7) is 4.96. The van der Waals surface area contributed by atoms with Crippen LogP contribution in [0.3, 0.4) is 0 Å². The molecule has 0 radical (unpaired) electrons. The van der Waals surface area contributed by atoms with Crippen molar-refractivity contribution in [3.8, 4) is 5.75 Å². The summed E-state index contributed by atoms with van der Waals surface area (Å²) in [7, 11) is 3.65. The third-order valence-electron chi connectivity index (χ3n) is 15.2. The van der Waals surface area contributed by atoms with E-state index in [1.165, 1.54) is 36.8 Å². The van der Waals surface area contributed by atoms with Crippen LogP contribution in [0, 0.1) is 11.8 Å². The lowest BCUT2D eigenvalue weighted by atomic mass is 10.0. The van der Waals surface area contributed by atoms with Crippen LogP contribution in [0.2, 0.25) is 0 Å². The molecule has 12 atom stereocenters. The number of rotatable bonds is 17. The summed E-state index contributed by atoms with van der Waals surface area (Å²) in [5.74, 6) is -14.3. The molecule has 2 bridgehead atoms. The number of aromatic nitrogens is 2. The molecule has 1 aromatic carbocycles. The maximum Gasteiger partial charge on any atom is 0.246 e. The summed E-state index contributed by atoms with van der Waals surface area (Å²) in [6, 6.07) is -9.93. The van der Waals surface area contributed by atoms with E-state index >= 15 is 0 Å². The monoisotopic (exact) mass is 1390 g/mol. The van der Waals surface area contributed by atoms with Crippen molar-refractivity contribution >= 4 is 126 Å². The molecular weight excluding hydrogens is 1310 g/mol. The predicted molar refractivity (Wildman–Crippen MR) is 346 cm³/mol. The molecule has 0 unspecified atom stereocenters. The topological polar surface area (TPSA) is 508 Å². The lowest BCUT2D eigenvalue weighted by Crippen LogP contribution is -2.61. The van der Waals surface area contributed by atoms with Gasteiger partial charge in [-0.3, -0.25) is 67.1 Å². The Balaban J connectivity index is 1.40. The first kappa shape index (κ1) is 75.2. The van der Waals surface area contributed by atoms with Crippen LogP contribution in [0.5, 0.6) is 5.75 Å². The minimum Gasteiger partial charge on any atom is -0.508 e. The van der Waals surface area contributed by atoms with Crippen molar-refractivity contribution in [3.63, 3.8) is 0 Å². The van der Waals surface area contributed by atoms with Gasteiger partial charge in [-0.1, -0.05) is 83.0 Å². The summed E-state index contributed by atoms with van der Waals surface area (Å²) in [4.78, 5) is 204. The largest absolute Gasteiger partial charge is 0.508 e. The zero-order chi connectivity index (χ0) is 68.8. The Hall–Kier alpha value is -7.87. The molecule has 14 amide bonds. The fourth-order valence-corrected chi connectivity index (χ4v) is 14.9. The third-order valence-corrected chi connectivity index (χ3v) is 20.1. The zero-order valence-corrected chi connectivity index (χ0v) is 55.4.